The van der Waals surface area contributed by atoms with Gasteiger partial charge in [-0.25, -0.2) is 9.67 Å². The van der Waals surface area contributed by atoms with Crippen LogP contribution in [0.3, 0.4) is 0 Å². The molecule has 146 valence electrons. The summed E-state index contributed by atoms with van der Waals surface area (Å²) in [7, 11) is 0. The van der Waals surface area contributed by atoms with E-state index >= 15 is 0 Å². The summed E-state index contributed by atoms with van der Waals surface area (Å²) in [6.45, 7) is 1.47. The zero-order valence-corrected chi connectivity index (χ0v) is 17.2. The molecule has 5 rings (SSSR count). The van der Waals surface area contributed by atoms with Crippen LogP contribution in [0.25, 0.3) is 15.9 Å². The third kappa shape index (κ3) is 3.54. The Balaban J connectivity index is 1.27. The van der Waals surface area contributed by atoms with Crippen LogP contribution in [-0.2, 0) is 0 Å². The molecule has 2 aromatic heterocycles. The van der Waals surface area contributed by atoms with E-state index in [1.807, 2.05) is 41.3 Å². The number of para-hydroxylation sites is 2. The number of thiazole rings is 1. The van der Waals surface area contributed by atoms with Gasteiger partial charge in [0.25, 0.3) is 5.91 Å². The van der Waals surface area contributed by atoms with Gasteiger partial charge in [-0.15, -0.1) is 11.3 Å². The molecule has 1 saturated heterocycles. The van der Waals surface area contributed by atoms with Crippen molar-refractivity contribution in [2.45, 2.75) is 18.8 Å². The van der Waals surface area contributed by atoms with Gasteiger partial charge in [-0.2, -0.15) is 5.10 Å². The number of fused-ring (bicyclic) bond motifs is 1. The van der Waals surface area contributed by atoms with Gasteiger partial charge in [-0.1, -0.05) is 35.9 Å². The van der Waals surface area contributed by atoms with Gasteiger partial charge >= 0.3 is 0 Å². The molecule has 2 aromatic carbocycles. The van der Waals surface area contributed by atoms with Crippen LogP contribution in [0.2, 0.25) is 5.02 Å². The maximum atomic E-state index is 12.9. The molecule has 1 fully saturated rings. The number of likely N-dealkylation sites (tertiary alicyclic amines) is 1. The Labute approximate surface area is 177 Å². The Morgan fingerprint density at radius 1 is 1.07 bits per heavy atom. The fourth-order valence-electron chi connectivity index (χ4n) is 3.78. The van der Waals surface area contributed by atoms with Gasteiger partial charge in [0.05, 0.1) is 37.7 Å². The van der Waals surface area contributed by atoms with Gasteiger partial charge in [0, 0.05) is 25.2 Å². The predicted molar refractivity (Wildman–Crippen MR) is 116 cm³/mol. The van der Waals surface area contributed by atoms with E-state index < -0.39 is 0 Å². The highest BCUT2D eigenvalue weighted by Crippen LogP contribution is 2.34. The Morgan fingerprint density at radius 2 is 1.83 bits per heavy atom. The number of carbonyl (C=O) groups excluding carboxylic acids is 1. The Bertz CT molecular complexity index is 1140. The summed E-state index contributed by atoms with van der Waals surface area (Å²) in [6.07, 6.45) is 5.24. The Hall–Kier alpha value is -2.70. The van der Waals surface area contributed by atoms with Gasteiger partial charge in [-0.3, -0.25) is 4.79 Å². The van der Waals surface area contributed by atoms with E-state index in [0.717, 1.165) is 37.1 Å². The van der Waals surface area contributed by atoms with E-state index in [9.17, 15) is 4.79 Å². The van der Waals surface area contributed by atoms with Crippen LogP contribution in [0, 0.1) is 0 Å². The Morgan fingerprint density at radius 3 is 2.62 bits per heavy atom. The molecule has 0 aliphatic carbocycles. The smallest absolute Gasteiger partial charge is 0.257 e. The fourth-order valence-corrected chi connectivity index (χ4v) is 5.14. The zero-order chi connectivity index (χ0) is 19.8. The molecule has 0 atom stereocenters. The standard InChI is InChI=1S/C22H19ClN4OS/c23-17-5-1-3-7-19(17)27-14-16(13-24-27)22(28)26-11-9-15(10-12-26)21-25-18-6-2-4-8-20(18)29-21/h1-8,13-15H,9-12H2. The normalized spacial score (nSPS) is 15.1. The number of piperidine rings is 1. The molecule has 4 aromatic rings. The highest BCUT2D eigenvalue weighted by Gasteiger charge is 2.27. The van der Waals surface area contributed by atoms with Gasteiger partial charge in [0.15, 0.2) is 0 Å². The zero-order valence-electron chi connectivity index (χ0n) is 15.7. The minimum atomic E-state index is 0.0195. The van der Waals surface area contributed by atoms with Crippen LogP contribution in [0.15, 0.2) is 60.9 Å². The number of halogens is 1. The van der Waals surface area contributed by atoms with Crippen molar-refractivity contribution in [3.8, 4) is 5.69 Å². The summed E-state index contributed by atoms with van der Waals surface area (Å²) in [5.74, 6) is 0.438. The number of aromatic nitrogens is 3. The monoisotopic (exact) mass is 422 g/mol. The number of hydrogen-bond donors (Lipinski definition) is 0. The molecule has 29 heavy (non-hydrogen) atoms. The lowest BCUT2D eigenvalue weighted by Crippen LogP contribution is -2.37. The third-order valence-electron chi connectivity index (χ3n) is 5.37. The van der Waals surface area contributed by atoms with E-state index in [4.69, 9.17) is 16.6 Å². The average Bonchev–Trinajstić information content (AvgIpc) is 3.41. The second-order valence-electron chi connectivity index (χ2n) is 7.21. The maximum absolute atomic E-state index is 12.9. The topological polar surface area (TPSA) is 51.0 Å². The molecule has 5 nitrogen and oxygen atoms in total. The summed E-state index contributed by atoms with van der Waals surface area (Å²) >= 11 is 8.01. The SMILES string of the molecule is O=C(c1cnn(-c2ccccc2Cl)c1)N1CCC(c2nc3ccccc3s2)CC1. The van der Waals surface area contributed by atoms with Crippen molar-refractivity contribution >= 4 is 39.1 Å². The largest absolute Gasteiger partial charge is 0.339 e. The fraction of sp³-hybridized carbons (Fsp3) is 0.227. The average molecular weight is 423 g/mol. The number of rotatable bonds is 3. The van der Waals surface area contributed by atoms with Crippen LogP contribution in [0.1, 0.15) is 34.1 Å². The van der Waals surface area contributed by atoms with Crippen LogP contribution in [0.5, 0.6) is 0 Å². The quantitative estimate of drug-likeness (QED) is 0.458. The van der Waals surface area contributed by atoms with E-state index in [2.05, 4.69) is 17.2 Å². The molecule has 0 bridgehead atoms. The first-order valence-corrected chi connectivity index (χ1v) is 10.8. The molecule has 1 aliphatic heterocycles. The Kier molecular flexibility index (Phi) is 4.81. The lowest BCUT2D eigenvalue weighted by molar-refractivity contribution is 0.0713. The number of amides is 1. The van der Waals surface area contributed by atoms with E-state index in [1.54, 1.807) is 28.4 Å². The highest BCUT2D eigenvalue weighted by atomic mass is 35.5. The molecule has 1 amide bonds. The van der Waals surface area contributed by atoms with Crippen molar-refractivity contribution in [1.29, 1.82) is 0 Å². The molecular formula is C22H19ClN4OS. The summed E-state index contributed by atoms with van der Waals surface area (Å²) in [5.41, 5.74) is 2.42. The second kappa shape index (κ2) is 7.61. The number of nitrogens with zero attached hydrogens (tertiary/aromatic N) is 4. The molecule has 3 heterocycles. The molecule has 7 heteroatoms. The first-order valence-electron chi connectivity index (χ1n) is 9.63. The second-order valence-corrected chi connectivity index (χ2v) is 8.68. The first-order chi connectivity index (χ1) is 14.2. The van der Waals surface area contributed by atoms with Gasteiger partial charge < -0.3 is 4.90 Å². The minimum absolute atomic E-state index is 0.0195. The van der Waals surface area contributed by atoms with Crippen molar-refractivity contribution in [3.63, 3.8) is 0 Å². The summed E-state index contributed by atoms with van der Waals surface area (Å²) in [6, 6.07) is 15.7. The van der Waals surface area contributed by atoms with Crippen molar-refractivity contribution < 1.29 is 4.79 Å². The van der Waals surface area contributed by atoms with Crippen molar-refractivity contribution in [2.75, 3.05) is 13.1 Å². The van der Waals surface area contributed by atoms with Crippen LogP contribution >= 0.6 is 22.9 Å². The van der Waals surface area contributed by atoms with Crippen LogP contribution in [-0.4, -0.2) is 38.7 Å². The molecule has 0 radical (unpaired) electrons. The number of benzene rings is 2. The molecule has 0 spiro atoms. The van der Waals surface area contributed by atoms with E-state index in [0.29, 0.717) is 16.5 Å². The van der Waals surface area contributed by atoms with Gasteiger partial charge in [0.1, 0.15) is 0 Å². The maximum Gasteiger partial charge on any atom is 0.257 e. The predicted octanol–water partition coefficient (Wildman–Crippen LogP) is 5.16. The number of carbonyl (C=O) groups is 1. The highest BCUT2D eigenvalue weighted by molar-refractivity contribution is 7.18. The van der Waals surface area contributed by atoms with Gasteiger partial charge in [-0.05, 0) is 37.1 Å². The molecule has 0 saturated carbocycles. The van der Waals surface area contributed by atoms with Crippen LogP contribution < -0.4 is 0 Å². The minimum Gasteiger partial charge on any atom is -0.339 e. The van der Waals surface area contributed by atoms with E-state index in [1.165, 1.54) is 9.71 Å². The lowest BCUT2D eigenvalue weighted by Gasteiger charge is -2.30. The summed E-state index contributed by atoms with van der Waals surface area (Å²) in [4.78, 5) is 19.7. The van der Waals surface area contributed by atoms with Crippen LogP contribution in [0.4, 0.5) is 0 Å². The van der Waals surface area contributed by atoms with Gasteiger partial charge in [0.2, 0.25) is 0 Å². The number of hydrogen-bond acceptors (Lipinski definition) is 4. The van der Waals surface area contributed by atoms with E-state index in [-0.39, 0.29) is 5.91 Å². The molecule has 0 N–H and O–H groups in total. The summed E-state index contributed by atoms with van der Waals surface area (Å²) in [5, 5.41) is 6.11. The molecular weight excluding hydrogens is 404 g/mol. The first kappa shape index (κ1) is 18.3. The van der Waals surface area contributed by atoms with Crippen molar-refractivity contribution in [1.82, 2.24) is 19.7 Å². The lowest BCUT2D eigenvalue weighted by atomic mass is 9.97. The van der Waals surface area contributed by atoms with Crippen molar-refractivity contribution in [3.05, 3.63) is 76.5 Å². The van der Waals surface area contributed by atoms with Crippen molar-refractivity contribution in [2.24, 2.45) is 0 Å². The summed E-state index contributed by atoms with van der Waals surface area (Å²) < 4.78 is 2.89. The molecule has 1 aliphatic rings. The molecule has 0 unspecified atom stereocenters. The third-order valence-corrected chi connectivity index (χ3v) is 6.89.